The van der Waals surface area contributed by atoms with Crippen molar-refractivity contribution in [1.82, 2.24) is 20.6 Å². The standard InChI is InChI=1S/C27H38N6O3S/c1-17(2)31-22-14-24(33-19-8-9-21-23(13-19)37-16-30-21)29-15-20(22)26(35)28-12-10-18(3)32-25(34)7-6-11-27(4,5)36/h8-9,13-18,36H,6-7,10-12H2,1-5H3,(H,28,35)(H,32,34)(H2,29,31,33)/t18-/m1/s1. The van der Waals surface area contributed by atoms with Gasteiger partial charge in [-0.3, -0.25) is 9.59 Å². The van der Waals surface area contributed by atoms with E-state index in [0.29, 0.717) is 49.3 Å². The van der Waals surface area contributed by atoms with E-state index in [1.165, 1.54) is 0 Å². The van der Waals surface area contributed by atoms with Crippen LogP contribution in [0.1, 0.15) is 70.7 Å². The lowest BCUT2D eigenvalue weighted by Gasteiger charge is -2.18. The molecule has 37 heavy (non-hydrogen) atoms. The number of hydrogen-bond acceptors (Lipinski definition) is 8. The second-order valence-corrected chi connectivity index (χ2v) is 11.1. The molecule has 200 valence electrons. The van der Waals surface area contributed by atoms with E-state index in [0.717, 1.165) is 15.9 Å². The second kappa shape index (κ2) is 12.8. The average molecular weight is 527 g/mol. The highest BCUT2D eigenvalue weighted by atomic mass is 32.1. The number of thiazole rings is 1. The summed E-state index contributed by atoms with van der Waals surface area (Å²) in [5, 5.41) is 22.3. The van der Waals surface area contributed by atoms with E-state index in [1.54, 1.807) is 31.4 Å². The summed E-state index contributed by atoms with van der Waals surface area (Å²) < 4.78 is 1.08. The number of carbonyl (C=O) groups excluding carboxylic acids is 2. The van der Waals surface area contributed by atoms with Crippen molar-refractivity contribution in [2.75, 3.05) is 17.2 Å². The molecule has 3 rings (SSSR count). The Hall–Kier alpha value is -3.24. The molecule has 9 nitrogen and oxygen atoms in total. The molecule has 1 atom stereocenters. The Labute approximate surface area is 222 Å². The van der Waals surface area contributed by atoms with Gasteiger partial charge in [-0.2, -0.15) is 0 Å². The smallest absolute Gasteiger partial charge is 0.254 e. The van der Waals surface area contributed by atoms with Gasteiger partial charge in [0.05, 0.1) is 32.6 Å². The lowest BCUT2D eigenvalue weighted by Crippen LogP contribution is -2.36. The van der Waals surface area contributed by atoms with Crippen LogP contribution in [0.25, 0.3) is 10.2 Å². The van der Waals surface area contributed by atoms with Crippen LogP contribution in [0, 0.1) is 0 Å². The van der Waals surface area contributed by atoms with Crippen LogP contribution in [0.15, 0.2) is 36.0 Å². The number of aliphatic hydroxyl groups is 1. The van der Waals surface area contributed by atoms with Gasteiger partial charge in [-0.1, -0.05) is 0 Å². The monoisotopic (exact) mass is 526 g/mol. The molecular weight excluding hydrogens is 488 g/mol. The van der Waals surface area contributed by atoms with E-state index < -0.39 is 5.60 Å². The maximum absolute atomic E-state index is 12.9. The summed E-state index contributed by atoms with van der Waals surface area (Å²) in [6.07, 6.45) is 3.74. The minimum Gasteiger partial charge on any atom is -0.390 e. The number of anilines is 3. The van der Waals surface area contributed by atoms with Gasteiger partial charge in [-0.25, -0.2) is 9.97 Å². The Morgan fingerprint density at radius 1 is 1.14 bits per heavy atom. The quantitative estimate of drug-likeness (QED) is 0.216. The third kappa shape index (κ3) is 9.29. The highest BCUT2D eigenvalue weighted by Crippen LogP contribution is 2.26. The number of nitrogens with zero attached hydrogens (tertiary/aromatic N) is 2. The Balaban J connectivity index is 1.55. The topological polar surface area (TPSA) is 128 Å². The maximum Gasteiger partial charge on any atom is 0.254 e. The molecule has 0 saturated carbocycles. The van der Waals surface area contributed by atoms with Gasteiger partial charge in [-0.05, 0) is 72.1 Å². The van der Waals surface area contributed by atoms with Crippen LogP contribution >= 0.6 is 11.3 Å². The number of aromatic nitrogens is 2. The molecule has 0 unspecified atom stereocenters. The summed E-state index contributed by atoms with van der Waals surface area (Å²) in [6, 6.07) is 7.82. The average Bonchev–Trinajstić information content (AvgIpc) is 3.26. The number of rotatable bonds is 13. The summed E-state index contributed by atoms with van der Waals surface area (Å²) in [5.41, 5.74) is 4.06. The van der Waals surface area contributed by atoms with Crippen molar-refractivity contribution in [2.45, 2.75) is 78.0 Å². The number of amides is 2. The van der Waals surface area contributed by atoms with Crippen LogP contribution in [0.2, 0.25) is 0 Å². The molecular formula is C27H38N6O3S. The number of carbonyl (C=O) groups is 2. The fourth-order valence-corrected chi connectivity index (χ4v) is 4.53. The molecule has 0 fully saturated rings. The molecule has 0 aliphatic heterocycles. The van der Waals surface area contributed by atoms with E-state index in [2.05, 4.69) is 31.2 Å². The van der Waals surface area contributed by atoms with Crippen LogP contribution in [0.5, 0.6) is 0 Å². The molecule has 2 heterocycles. The summed E-state index contributed by atoms with van der Waals surface area (Å²) >= 11 is 1.58. The molecule has 0 bridgehead atoms. The first kappa shape index (κ1) is 28.3. The Morgan fingerprint density at radius 3 is 2.65 bits per heavy atom. The van der Waals surface area contributed by atoms with Crippen molar-refractivity contribution in [2.24, 2.45) is 0 Å². The molecule has 3 aromatic rings. The van der Waals surface area contributed by atoms with Crippen molar-refractivity contribution >= 4 is 50.6 Å². The van der Waals surface area contributed by atoms with Crippen molar-refractivity contribution in [1.29, 1.82) is 0 Å². The Bertz CT molecular complexity index is 1200. The number of fused-ring (bicyclic) bond motifs is 1. The molecule has 5 N–H and O–H groups in total. The first-order valence-corrected chi connectivity index (χ1v) is 13.5. The third-order valence-electron chi connectivity index (χ3n) is 5.66. The van der Waals surface area contributed by atoms with E-state index in [9.17, 15) is 14.7 Å². The fourth-order valence-electron chi connectivity index (χ4n) is 3.81. The van der Waals surface area contributed by atoms with Crippen molar-refractivity contribution in [3.63, 3.8) is 0 Å². The SMILES string of the molecule is CC(C)Nc1cc(Nc2ccc3ncsc3c2)ncc1C(=O)NCC[C@@H](C)NC(=O)CCCC(C)(C)O. The minimum atomic E-state index is -0.765. The van der Waals surface area contributed by atoms with Crippen LogP contribution in [-0.4, -0.2) is 51.1 Å². The Kier molecular flexibility index (Phi) is 9.82. The number of hydrogen-bond donors (Lipinski definition) is 5. The lowest BCUT2D eigenvalue weighted by atomic mass is 10.0. The van der Waals surface area contributed by atoms with Crippen LogP contribution < -0.4 is 21.3 Å². The fraction of sp³-hybridized carbons (Fsp3) is 0.481. The summed E-state index contributed by atoms with van der Waals surface area (Å²) in [7, 11) is 0. The zero-order valence-corrected chi connectivity index (χ0v) is 23.0. The largest absolute Gasteiger partial charge is 0.390 e. The van der Waals surface area contributed by atoms with Gasteiger partial charge in [0.2, 0.25) is 5.91 Å². The molecule has 0 spiro atoms. The third-order valence-corrected chi connectivity index (χ3v) is 6.45. The summed E-state index contributed by atoms with van der Waals surface area (Å²) in [6.45, 7) is 9.83. The molecule has 0 radical (unpaired) electrons. The zero-order valence-electron chi connectivity index (χ0n) is 22.2. The van der Waals surface area contributed by atoms with E-state index >= 15 is 0 Å². The molecule has 0 saturated heterocycles. The van der Waals surface area contributed by atoms with Gasteiger partial charge in [0.25, 0.3) is 5.91 Å². The molecule has 2 aromatic heterocycles. The van der Waals surface area contributed by atoms with Crippen LogP contribution in [0.4, 0.5) is 17.2 Å². The highest BCUT2D eigenvalue weighted by Gasteiger charge is 2.16. The number of pyridine rings is 1. The molecule has 0 aliphatic carbocycles. The maximum atomic E-state index is 12.9. The molecule has 0 aliphatic rings. The van der Waals surface area contributed by atoms with Gasteiger partial charge in [0.15, 0.2) is 0 Å². The van der Waals surface area contributed by atoms with Crippen LogP contribution in [-0.2, 0) is 4.79 Å². The first-order valence-electron chi connectivity index (χ1n) is 12.7. The predicted molar refractivity (Wildman–Crippen MR) is 151 cm³/mol. The van der Waals surface area contributed by atoms with Crippen molar-refractivity contribution in [3.05, 3.63) is 41.5 Å². The normalized spacial score (nSPS) is 12.4. The number of benzene rings is 1. The minimum absolute atomic E-state index is 0.0479. The lowest BCUT2D eigenvalue weighted by molar-refractivity contribution is -0.122. The van der Waals surface area contributed by atoms with Gasteiger partial charge in [-0.15, -0.1) is 11.3 Å². The first-order chi connectivity index (χ1) is 17.5. The van der Waals surface area contributed by atoms with Crippen molar-refractivity contribution in [3.8, 4) is 0 Å². The Morgan fingerprint density at radius 2 is 1.92 bits per heavy atom. The van der Waals surface area contributed by atoms with E-state index in [-0.39, 0.29) is 23.9 Å². The summed E-state index contributed by atoms with van der Waals surface area (Å²) in [4.78, 5) is 33.8. The number of nitrogens with one attached hydrogen (secondary N) is 4. The van der Waals surface area contributed by atoms with Gasteiger partial charge < -0.3 is 26.4 Å². The summed E-state index contributed by atoms with van der Waals surface area (Å²) in [5.74, 6) is 0.356. The molecule has 1 aromatic carbocycles. The van der Waals surface area contributed by atoms with Gasteiger partial charge >= 0.3 is 0 Å². The van der Waals surface area contributed by atoms with E-state index in [1.807, 2.05) is 50.5 Å². The van der Waals surface area contributed by atoms with Gasteiger partial charge in [0, 0.05) is 43.0 Å². The highest BCUT2D eigenvalue weighted by molar-refractivity contribution is 7.16. The predicted octanol–water partition coefficient (Wildman–Crippen LogP) is 4.82. The van der Waals surface area contributed by atoms with E-state index in [4.69, 9.17) is 0 Å². The molecule has 10 heteroatoms. The van der Waals surface area contributed by atoms with Crippen LogP contribution in [0.3, 0.4) is 0 Å². The zero-order chi connectivity index (χ0) is 27.0. The molecule has 2 amide bonds. The van der Waals surface area contributed by atoms with Gasteiger partial charge in [0.1, 0.15) is 5.82 Å². The van der Waals surface area contributed by atoms with Crippen molar-refractivity contribution < 1.29 is 14.7 Å². The second-order valence-electron chi connectivity index (χ2n) is 10.3.